The predicted molar refractivity (Wildman–Crippen MR) is 117 cm³/mol. The number of H-pyrrole nitrogens is 1. The van der Waals surface area contributed by atoms with Crippen molar-refractivity contribution in [1.82, 2.24) is 15.1 Å². The Bertz CT molecular complexity index is 1160. The standard InChI is InChI=1S/C24H25N3O3/c1-16-20-15-19(29-3)11-12-22(20)30-23(16)24(28)27(2)13-7-10-18-14-21(26-25-18)17-8-5-4-6-9-17/h4-6,8-9,11-12,14-15H,7,10,13H2,1-3H3,(H,25,26). The zero-order chi connectivity index (χ0) is 21.1. The molecule has 0 atom stereocenters. The molecule has 2 aromatic heterocycles. The van der Waals surface area contributed by atoms with Gasteiger partial charge in [-0.25, -0.2) is 0 Å². The second-order valence-corrected chi connectivity index (χ2v) is 7.39. The van der Waals surface area contributed by atoms with Gasteiger partial charge < -0.3 is 14.1 Å². The molecule has 0 aliphatic carbocycles. The van der Waals surface area contributed by atoms with Crippen LogP contribution in [-0.4, -0.2) is 41.7 Å². The number of hydrogen-bond acceptors (Lipinski definition) is 4. The molecule has 0 aliphatic rings. The molecule has 0 unspecified atom stereocenters. The Morgan fingerprint density at radius 2 is 1.97 bits per heavy atom. The van der Waals surface area contributed by atoms with E-state index in [1.807, 2.05) is 55.5 Å². The van der Waals surface area contributed by atoms with E-state index in [1.165, 1.54) is 0 Å². The molecule has 0 aliphatic heterocycles. The maximum atomic E-state index is 12.9. The van der Waals surface area contributed by atoms with Gasteiger partial charge in [0, 0.05) is 35.8 Å². The van der Waals surface area contributed by atoms with Crippen LogP contribution in [0, 0.1) is 6.92 Å². The summed E-state index contributed by atoms with van der Waals surface area (Å²) >= 11 is 0. The molecule has 2 heterocycles. The number of aromatic amines is 1. The van der Waals surface area contributed by atoms with Gasteiger partial charge >= 0.3 is 0 Å². The summed E-state index contributed by atoms with van der Waals surface area (Å²) in [5.74, 6) is 1.01. The third kappa shape index (κ3) is 3.94. The second-order valence-electron chi connectivity index (χ2n) is 7.39. The summed E-state index contributed by atoms with van der Waals surface area (Å²) in [4.78, 5) is 14.6. The molecule has 6 heteroatoms. The number of nitrogens with zero attached hydrogens (tertiary/aromatic N) is 2. The number of hydrogen-bond donors (Lipinski definition) is 1. The maximum absolute atomic E-state index is 12.9. The van der Waals surface area contributed by atoms with Gasteiger partial charge in [-0.05, 0) is 44.0 Å². The van der Waals surface area contributed by atoms with Crippen molar-refractivity contribution < 1.29 is 13.9 Å². The fraction of sp³-hybridized carbons (Fsp3) is 0.250. The highest BCUT2D eigenvalue weighted by atomic mass is 16.5. The number of benzene rings is 2. The number of furan rings is 1. The number of aryl methyl sites for hydroxylation is 2. The van der Waals surface area contributed by atoms with E-state index in [9.17, 15) is 4.79 Å². The summed E-state index contributed by atoms with van der Waals surface area (Å²) in [7, 11) is 3.43. The van der Waals surface area contributed by atoms with E-state index in [4.69, 9.17) is 9.15 Å². The average molecular weight is 403 g/mol. The van der Waals surface area contributed by atoms with Crippen molar-refractivity contribution in [2.75, 3.05) is 20.7 Å². The number of ether oxygens (including phenoxy) is 1. The summed E-state index contributed by atoms with van der Waals surface area (Å²) in [5, 5.41) is 8.38. The Hall–Kier alpha value is -3.54. The largest absolute Gasteiger partial charge is 0.497 e. The number of nitrogens with one attached hydrogen (secondary N) is 1. The lowest BCUT2D eigenvalue weighted by atomic mass is 10.1. The molecule has 2 aromatic carbocycles. The molecule has 0 saturated heterocycles. The lowest BCUT2D eigenvalue weighted by Crippen LogP contribution is -2.28. The summed E-state index contributed by atoms with van der Waals surface area (Å²) in [6, 6.07) is 17.7. The number of aromatic nitrogens is 2. The van der Waals surface area contributed by atoms with Gasteiger partial charge in [-0.15, -0.1) is 0 Å². The van der Waals surface area contributed by atoms with Crippen molar-refractivity contribution in [3.63, 3.8) is 0 Å². The number of methoxy groups -OCH3 is 1. The summed E-state index contributed by atoms with van der Waals surface area (Å²) < 4.78 is 11.1. The zero-order valence-electron chi connectivity index (χ0n) is 17.4. The minimum Gasteiger partial charge on any atom is -0.497 e. The number of carbonyl (C=O) groups excluding carboxylic acids is 1. The second kappa shape index (κ2) is 8.45. The lowest BCUT2D eigenvalue weighted by molar-refractivity contribution is 0.0763. The first-order valence-electron chi connectivity index (χ1n) is 9.99. The molecule has 0 saturated carbocycles. The third-order valence-electron chi connectivity index (χ3n) is 5.32. The number of fused-ring (bicyclic) bond motifs is 1. The van der Waals surface area contributed by atoms with E-state index in [0.717, 1.165) is 46.5 Å². The third-order valence-corrected chi connectivity index (χ3v) is 5.32. The SMILES string of the molecule is COc1ccc2oc(C(=O)N(C)CCCc3cc(-c4ccccc4)n[nH]3)c(C)c2c1. The van der Waals surface area contributed by atoms with Gasteiger partial charge in [0.15, 0.2) is 5.76 Å². The van der Waals surface area contributed by atoms with Gasteiger partial charge in [0.25, 0.3) is 5.91 Å². The van der Waals surface area contributed by atoms with Crippen LogP contribution in [0.5, 0.6) is 5.75 Å². The van der Waals surface area contributed by atoms with Crippen molar-refractivity contribution in [2.45, 2.75) is 19.8 Å². The number of carbonyl (C=O) groups is 1. The van der Waals surface area contributed by atoms with Crippen LogP contribution in [0.25, 0.3) is 22.2 Å². The van der Waals surface area contributed by atoms with Crippen LogP contribution < -0.4 is 4.74 Å². The quantitative estimate of drug-likeness (QED) is 0.479. The van der Waals surface area contributed by atoms with Gasteiger partial charge in [-0.3, -0.25) is 9.89 Å². The lowest BCUT2D eigenvalue weighted by Gasteiger charge is -2.15. The van der Waals surface area contributed by atoms with E-state index in [-0.39, 0.29) is 5.91 Å². The molecule has 6 nitrogen and oxygen atoms in total. The van der Waals surface area contributed by atoms with Gasteiger partial charge in [0.1, 0.15) is 11.3 Å². The number of rotatable bonds is 7. The van der Waals surface area contributed by atoms with Crippen molar-refractivity contribution in [3.8, 4) is 17.0 Å². The van der Waals surface area contributed by atoms with Crippen molar-refractivity contribution in [2.24, 2.45) is 0 Å². The molecule has 154 valence electrons. The van der Waals surface area contributed by atoms with Crippen molar-refractivity contribution in [3.05, 3.63) is 71.6 Å². The molecule has 0 fully saturated rings. The molecule has 1 amide bonds. The fourth-order valence-electron chi connectivity index (χ4n) is 3.56. The van der Waals surface area contributed by atoms with Crippen molar-refractivity contribution >= 4 is 16.9 Å². The molecule has 1 N–H and O–H groups in total. The fourth-order valence-corrected chi connectivity index (χ4v) is 3.56. The smallest absolute Gasteiger partial charge is 0.289 e. The predicted octanol–water partition coefficient (Wildman–Crippen LogP) is 4.84. The monoisotopic (exact) mass is 403 g/mol. The minimum absolute atomic E-state index is 0.114. The molecule has 0 bridgehead atoms. The Morgan fingerprint density at radius 3 is 2.73 bits per heavy atom. The van der Waals surface area contributed by atoms with E-state index in [0.29, 0.717) is 17.9 Å². The van der Waals surface area contributed by atoms with Crippen LogP contribution in [-0.2, 0) is 6.42 Å². The van der Waals surface area contributed by atoms with E-state index in [1.54, 1.807) is 19.1 Å². The van der Waals surface area contributed by atoms with Crippen molar-refractivity contribution in [1.29, 1.82) is 0 Å². The van der Waals surface area contributed by atoms with Crippen LogP contribution in [0.2, 0.25) is 0 Å². The summed E-state index contributed by atoms with van der Waals surface area (Å²) in [6.07, 6.45) is 1.64. The molecule has 0 radical (unpaired) electrons. The van der Waals surface area contributed by atoms with Crippen LogP contribution >= 0.6 is 0 Å². The Kier molecular flexibility index (Phi) is 5.57. The highest BCUT2D eigenvalue weighted by molar-refractivity contribution is 5.99. The Morgan fingerprint density at radius 1 is 1.17 bits per heavy atom. The van der Waals surface area contributed by atoms with Crippen LogP contribution in [0.3, 0.4) is 0 Å². The Labute approximate surface area is 175 Å². The first-order valence-corrected chi connectivity index (χ1v) is 9.99. The molecule has 30 heavy (non-hydrogen) atoms. The van der Waals surface area contributed by atoms with Crippen LogP contribution in [0.1, 0.15) is 28.2 Å². The van der Waals surface area contributed by atoms with Crippen LogP contribution in [0.15, 0.2) is 59.0 Å². The Balaban J connectivity index is 1.38. The normalized spacial score (nSPS) is 11.0. The maximum Gasteiger partial charge on any atom is 0.289 e. The average Bonchev–Trinajstić information content (AvgIpc) is 3.38. The molecule has 0 spiro atoms. The van der Waals surface area contributed by atoms with Gasteiger partial charge in [0.2, 0.25) is 0 Å². The van der Waals surface area contributed by atoms with Crippen LogP contribution in [0.4, 0.5) is 0 Å². The number of amides is 1. The first kappa shape index (κ1) is 19.8. The van der Waals surface area contributed by atoms with Gasteiger partial charge in [-0.1, -0.05) is 30.3 Å². The van der Waals surface area contributed by atoms with E-state index < -0.39 is 0 Å². The highest BCUT2D eigenvalue weighted by Gasteiger charge is 2.21. The van der Waals surface area contributed by atoms with Gasteiger partial charge in [0.05, 0.1) is 12.8 Å². The topological polar surface area (TPSA) is 71.4 Å². The molecule has 4 aromatic rings. The van der Waals surface area contributed by atoms with E-state index in [2.05, 4.69) is 16.3 Å². The minimum atomic E-state index is -0.114. The molecular formula is C24H25N3O3. The van der Waals surface area contributed by atoms with Gasteiger partial charge in [-0.2, -0.15) is 5.10 Å². The zero-order valence-corrected chi connectivity index (χ0v) is 17.4. The first-order chi connectivity index (χ1) is 14.6. The molecule has 4 rings (SSSR count). The summed E-state index contributed by atoms with van der Waals surface area (Å²) in [5.41, 5.74) is 4.60. The summed E-state index contributed by atoms with van der Waals surface area (Å²) in [6.45, 7) is 2.53. The molecular weight excluding hydrogens is 378 g/mol. The highest BCUT2D eigenvalue weighted by Crippen LogP contribution is 2.29. The van der Waals surface area contributed by atoms with E-state index >= 15 is 0 Å².